The van der Waals surface area contributed by atoms with E-state index in [-0.39, 0.29) is 12.4 Å². The molecule has 0 saturated heterocycles. The van der Waals surface area contributed by atoms with Crippen LogP contribution in [0.4, 0.5) is 0 Å². The Bertz CT molecular complexity index is 275. The molecule has 0 aliphatic heterocycles. The second kappa shape index (κ2) is 7.36. The van der Waals surface area contributed by atoms with Gasteiger partial charge < -0.3 is 0 Å². The van der Waals surface area contributed by atoms with Crippen LogP contribution in [0.2, 0.25) is 0 Å². The van der Waals surface area contributed by atoms with Crippen molar-refractivity contribution in [1.29, 1.82) is 0 Å². The van der Waals surface area contributed by atoms with Crippen LogP contribution in [0.15, 0.2) is 22.3 Å². The monoisotopic (exact) mass is 387 g/mol. The van der Waals surface area contributed by atoms with Gasteiger partial charge in [0.15, 0.2) is 0 Å². The molecule has 1 aliphatic rings. The molecule has 0 bridgehead atoms. The van der Waals surface area contributed by atoms with Crippen molar-refractivity contribution in [2.24, 2.45) is 0 Å². The Morgan fingerprint density at radius 1 is 0.714 bits per heavy atom. The molecular formula is C10H16ClO2W. The van der Waals surface area contributed by atoms with Crippen LogP contribution in [0.5, 0.6) is 0 Å². The first-order valence-corrected chi connectivity index (χ1v) is 6.48. The van der Waals surface area contributed by atoms with Crippen molar-refractivity contribution in [1.82, 2.24) is 0 Å². The third-order valence-electron chi connectivity index (χ3n) is 2.81. The molecule has 81 valence electrons. The first-order valence-electron chi connectivity index (χ1n) is 4.08. The van der Waals surface area contributed by atoms with E-state index in [1.165, 1.54) is 28.2 Å². The van der Waals surface area contributed by atoms with Crippen molar-refractivity contribution in [3.8, 4) is 0 Å². The third kappa shape index (κ3) is 3.67. The molecule has 0 atom stereocenters. The summed E-state index contributed by atoms with van der Waals surface area (Å²) in [6, 6.07) is 0. The van der Waals surface area contributed by atoms with Gasteiger partial charge in [-0.15, -0.1) is 12.4 Å². The predicted molar refractivity (Wildman–Crippen MR) is 54.3 cm³/mol. The van der Waals surface area contributed by atoms with Crippen molar-refractivity contribution in [3.63, 3.8) is 0 Å². The van der Waals surface area contributed by atoms with E-state index in [0.29, 0.717) is 0 Å². The Kier molecular flexibility index (Phi) is 8.67. The quantitative estimate of drug-likeness (QED) is 0.638. The average Bonchev–Trinajstić information content (AvgIpc) is 2.25. The first-order chi connectivity index (χ1) is 5.97. The number of allylic oxidation sites excluding steroid dienone is 4. The van der Waals surface area contributed by atoms with Crippen LogP contribution in [-0.2, 0) is 25.3 Å². The summed E-state index contributed by atoms with van der Waals surface area (Å²) in [7, 11) is 0. The number of hydrogen-bond acceptors (Lipinski definition) is 2. The predicted octanol–water partition coefficient (Wildman–Crippen LogP) is 3.45. The Labute approximate surface area is 100 Å². The SMILES string of the molecule is C[C]1C(C)=C(C)C(C)=C1C.Cl.[O]=[W]=[O]. The van der Waals surface area contributed by atoms with Gasteiger partial charge in [-0.25, -0.2) is 0 Å². The Hall–Kier alpha value is 0.0583. The summed E-state index contributed by atoms with van der Waals surface area (Å²) in [6.45, 7) is 11.0. The molecule has 0 aromatic carbocycles. The molecule has 14 heavy (non-hydrogen) atoms. The summed E-state index contributed by atoms with van der Waals surface area (Å²) in [5.41, 5.74) is 5.87. The van der Waals surface area contributed by atoms with E-state index < -0.39 is 18.5 Å². The zero-order chi connectivity index (χ0) is 10.6. The summed E-state index contributed by atoms with van der Waals surface area (Å²) in [4.78, 5) is 0. The summed E-state index contributed by atoms with van der Waals surface area (Å²) >= 11 is -2.25. The fourth-order valence-electron chi connectivity index (χ4n) is 1.41. The number of hydrogen-bond donors (Lipinski definition) is 0. The normalized spacial score (nSPS) is 16.1. The molecule has 0 aromatic rings. The molecule has 0 fully saturated rings. The van der Waals surface area contributed by atoms with E-state index >= 15 is 0 Å². The van der Waals surface area contributed by atoms with Crippen LogP contribution in [0.25, 0.3) is 0 Å². The van der Waals surface area contributed by atoms with E-state index in [4.69, 9.17) is 6.80 Å². The van der Waals surface area contributed by atoms with Gasteiger partial charge in [0, 0.05) is 5.92 Å². The zero-order valence-electron chi connectivity index (χ0n) is 9.13. The van der Waals surface area contributed by atoms with Crippen LogP contribution in [0.3, 0.4) is 0 Å². The van der Waals surface area contributed by atoms with Crippen molar-refractivity contribution in [2.45, 2.75) is 34.6 Å². The maximum atomic E-state index is 8.54. The standard InChI is InChI=1S/C10H15.ClH.2O.W/c1-6-7(2)9(4)10(5)8(6)3;;;;/h1-5H3;1H;;;. The molecular weight excluding hydrogens is 371 g/mol. The van der Waals surface area contributed by atoms with Crippen molar-refractivity contribution >= 4 is 12.4 Å². The van der Waals surface area contributed by atoms with Crippen molar-refractivity contribution in [2.75, 3.05) is 0 Å². The summed E-state index contributed by atoms with van der Waals surface area (Å²) in [5.74, 6) is 1.47. The Morgan fingerprint density at radius 3 is 1.00 bits per heavy atom. The molecule has 0 spiro atoms. The fourth-order valence-corrected chi connectivity index (χ4v) is 1.41. The summed E-state index contributed by atoms with van der Waals surface area (Å²) < 4.78 is 17.1. The minimum atomic E-state index is -2.25. The number of rotatable bonds is 0. The van der Waals surface area contributed by atoms with Crippen LogP contribution in [-0.4, -0.2) is 0 Å². The molecule has 0 amide bonds. The van der Waals surface area contributed by atoms with Gasteiger partial charge in [0.05, 0.1) is 0 Å². The molecule has 1 aliphatic carbocycles. The molecule has 0 heterocycles. The first kappa shape index (κ1) is 16.5. The molecule has 0 aromatic heterocycles. The van der Waals surface area contributed by atoms with Gasteiger partial charge in [0.2, 0.25) is 0 Å². The third-order valence-corrected chi connectivity index (χ3v) is 2.81. The van der Waals surface area contributed by atoms with Gasteiger partial charge in [-0.3, -0.25) is 0 Å². The molecule has 0 saturated carbocycles. The minimum absolute atomic E-state index is 0. The zero-order valence-corrected chi connectivity index (χ0v) is 12.9. The Morgan fingerprint density at radius 2 is 0.929 bits per heavy atom. The van der Waals surface area contributed by atoms with E-state index in [1.807, 2.05) is 0 Å². The second-order valence-electron chi connectivity index (χ2n) is 3.19. The van der Waals surface area contributed by atoms with Crippen LogP contribution in [0.1, 0.15) is 34.6 Å². The van der Waals surface area contributed by atoms with E-state index in [2.05, 4.69) is 34.6 Å². The van der Waals surface area contributed by atoms with Gasteiger partial charge in [-0.2, -0.15) is 0 Å². The summed E-state index contributed by atoms with van der Waals surface area (Å²) in [6.07, 6.45) is 0. The topological polar surface area (TPSA) is 34.1 Å². The van der Waals surface area contributed by atoms with Gasteiger partial charge in [-0.05, 0) is 38.8 Å². The molecule has 2 nitrogen and oxygen atoms in total. The van der Waals surface area contributed by atoms with Crippen molar-refractivity contribution < 1.29 is 25.3 Å². The van der Waals surface area contributed by atoms with Gasteiger partial charge in [0.1, 0.15) is 0 Å². The van der Waals surface area contributed by atoms with Gasteiger partial charge in [0.25, 0.3) is 0 Å². The summed E-state index contributed by atoms with van der Waals surface area (Å²) in [5, 5.41) is 0. The second-order valence-corrected chi connectivity index (χ2v) is 3.68. The average molecular weight is 388 g/mol. The number of halogens is 1. The maximum absolute atomic E-state index is 8.54. The molecule has 0 N–H and O–H groups in total. The van der Waals surface area contributed by atoms with Crippen molar-refractivity contribution in [3.05, 3.63) is 28.2 Å². The van der Waals surface area contributed by atoms with E-state index in [9.17, 15) is 0 Å². The Balaban J connectivity index is 0. The van der Waals surface area contributed by atoms with Crippen LogP contribution in [0, 0.1) is 5.92 Å². The molecule has 1 rings (SSSR count). The van der Waals surface area contributed by atoms with Crippen LogP contribution >= 0.6 is 12.4 Å². The molecule has 1 radical (unpaired) electrons. The van der Waals surface area contributed by atoms with Gasteiger partial charge >= 0.3 is 25.3 Å². The molecule has 0 unspecified atom stereocenters. The fraction of sp³-hybridized carbons (Fsp3) is 0.500. The van der Waals surface area contributed by atoms with Crippen LogP contribution < -0.4 is 0 Å². The van der Waals surface area contributed by atoms with E-state index in [0.717, 1.165) is 0 Å². The van der Waals surface area contributed by atoms with Gasteiger partial charge in [-0.1, -0.05) is 18.1 Å². The van der Waals surface area contributed by atoms with E-state index in [1.54, 1.807) is 0 Å². The molecule has 4 heteroatoms.